The number of amides is 3. The Morgan fingerprint density at radius 2 is 1.61 bits per heavy atom. The van der Waals surface area contributed by atoms with Crippen molar-refractivity contribution in [2.45, 2.75) is 77.9 Å². The Morgan fingerprint density at radius 1 is 0.898 bits per heavy atom. The highest BCUT2D eigenvalue weighted by atomic mass is 16.5. The van der Waals surface area contributed by atoms with Crippen LogP contribution in [0.15, 0.2) is 72.4 Å². The number of aromatic amines is 2. The van der Waals surface area contributed by atoms with Crippen molar-refractivity contribution in [1.29, 1.82) is 0 Å². The van der Waals surface area contributed by atoms with Gasteiger partial charge in [-0.3, -0.25) is 9.69 Å². The summed E-state index contributed by atoms with van der Waals surface area (Å²) < 4.78 is 9.58. The van der Waals surface area contributed by atoms with Crippen LogP contribution in [0.5, 0.6) is 0 Å². The molecule has 0 aliphatic carbocycles. The molecule has 0 spiro atoms. The fourth-order valence-electron chi connectivity index (χ4n) is 8.05. The van der Waals surface area contributed by atoms with Crippen LogP contribution in [0, 0.1) is 23.7 Å². The van der Waals surface area contributed by atoms with Crippen molar-refractivity contribution in [1.82, 2.24) is 40.4 Å². The largest absolute Gasteiger partial charge is 0.453 e. The van der Waals surface area contributed by atoms with E-state index in [-0.39, 0.29) is 29.8 Å². The second-order valence-corrected chi connectivity index (χ2v) is 16.0. The number of aromatic nitrogens is 4. The lowest BCUT2D eigenvalue weighted by molar-refractivity contribution is -0.135. The molecule has 2 aliphatic rings. The molecule has 59 heavy (non-hydrogen) atoms. The number of imidazole rings is 2. The molecule has 0 saturated carbocycles. The molecular weight excluding hydrogens is 749 g/mol. The van der Waals surface area contributed by atoms with Gasteiger partial charge in [-0.15, -0.1) is 0 Å². The normalized spacial score (nSPS) is 18.4. The van der Waals surface area contributed by atoms with E-state index in [0.717, 1.165) is 68.4 Å². The third-order valence-electron chi connectivity index (χ3n) is 11.2. The average molecular weight is 801 g/mol. The van der Waals surface area contributed by atoms with Crippen molar-refractivity contribution in [3.63, 3.8) is 0 Å². The number of fused-ring (bicyclic) bond motifs is 3. The van der Waals surface area contributed by atoms with Crippen LogP contribution in [-0.4, -0.2) is 98.6 Å². The van der Waals surface area contributed by atoms with Gasteiger partial charge in [0.1, 0.15) is 23.9 Å². The molecule has 308 valence electrons. The molecule has 0 radical (unpaired) electrons. The summed E-state index contributed by atoms with van der Waals surface area (Å²) in [6.07, 6.45) is 3.31. The van der Waals surface area contributed by atoms with E-state index in [1.165, 1.54) is 14.2 Å². The molecule has 14 nitrogen and oxygen atoms in total. The molecule has 3 aromatic carbocycles. The minimum atomic E-state index is -0.963. The Hall–Kier alpha value is -6.17. The lowest BCUT2D eigenvalue weighted by Gasteiger charge is -2.36. The smallest absolute Gasteiger partial charge is 0.407 e. The van der Waals surface area contributed by atoms with Gasteiger partial charge in [-0.25, -0.2) is 19.6 Å². The molecular formula is C45H52N8O6. The first-order valence-corrected chi connectivity index (χ1v) is 20.1. The highest BCUT2D eigenvalue weighted by molar-refractivity contribution is 6.04. The van der Waals surface area contributed by atoms with Crippen LogP contribution < -0.4 is 10.6 Å². The van der Waals surface area contributed by atoms with Gasteiger partial charge in [-0.2, -0.15) is 0 Å². The van der Waals surface area contributed by atoms with Crippen LogP contribution in [0.2, 0.25) is 0 Å². The van der Waals surface area contributed by atoms with Crippen LogP contribution in [0.25, 0.3) is 33.1 Å². The lowest BCUT2D eigenvalue weighted by atomic mass is 10.0. The second kappa shape index (κ2) is 17.4. The van der Waals surface area contributed by atoms with E-state index in [0.29, 0.717) is 18.9 Å². The maximum Gasteiger partial charge on any atom is 0.407 e. The van der Waals surface area contributed by atoms with E-state index in [2.05, 4.69) is 55.6 Å². The van der Waals surface area contributed by atoms with Crippen LogP contribution in [0.1, 0.15) is 82.3 Å². The second-order valence-electron chi connectivity index (χ2n) is 16.0. The molecule has 2 aliphatic heterocycles. The van der Waals surface area contributed by atoms with Crippen molar-refractivity contribution < 1.29 is 29.0 Å². The fraction of sp³-hybridized carbons (Fsp3) is 0.400. The topological polar surface area (TPSA) is 178 Å². The van der Waals surface area contributed by atoms with Gasteiger partial charge in [-0.05, 0) is 72.9 Å². The number of methoxy groups -OCH3 is 2. The van der Waals surface area contributed by atoms with E-state index in [1.807, 2.05) is 86.9 Å². The van der Waals surface area contributed by atoms with Gasteiger partial charge >= 0.3 is 12.2 Å². The number of nitrogens with zero attached hydrogens (tertiary/aromatic N) is 4. The van der Waals surface area contributed by atoms with E-state index in [9.17, 15) is 19.5 Å². The summed E-state index contributed by atoms with van der Waals surface area (Å²) in [4.78, 5) is 58.0. The van der Waals surface area contributed by atoms with Crippen LogP contribution in [0.4, 0.5) is 9.59 Å². The van der Waals surface area contributed by atoms with Gasteiger partial charge in [0.2, 0.25) is 5.91 Å². The zero-order valence-corrected chi connectivity index (χ0v) is 34.5. The molecule has 2 aromatic heterocycles. The summed E-state index contributed by atoms with van der Waals surface area (Å²) in [5, 5.41) is 18.9. The molecule has 3 amide bonds. The number of likely N-dealkylation sites (tertiary alicyclic amines) is 1. The van der Waals surface area contributed by atoms with E-state index < -0.39 is 30.5 Å². The SMILES string of the molecule is COC(=O)NC(C(=O)N1CCCC1c1nc2c(ccc3cc(C#Cc4ccc(-c5cnc(C6C=C(C)CN6C(O)C(NC(=O)OC)C(C)C)[nH]5)cc4)ccc32)[nH]1)C(C)C. The van der Waals surface area contributed by atoms with Crippen molar-refractivity contribution in [2.24, 2.45) is 11.8 Å². The summed E-state index contributed by atoms with van der Waals surface area (Å²) in [6, 6.07) is 16.4. The fourth-order valence-corrected chi connectivity index (χ4v) is 8.05. The number of carbonyl (C=O) groups excluding carboxylic acids is 3. The zero-order chi connectivity index (χ0) is 42.0. The summed E-state index contributed by atoms with van der Waals surface area (Å²) in [7, 11) is 2.60. The first kappa shape index (κ1) is 41.0. The predicted molar refractivity (Wildman–Crippen MR) is 225 cm³/mol. The number of H-pyrrole nitrogens is 2. The van der Waals surface area contributed by atoms with Gasteiger partial charge in [0.05, 0.1) is 55.3 Å². The summed E-state index contributed by atoms with van der Waals surface area (Å²) >= 11 is 0. The molecule has 0 bridgehead atoms. The summed E-state index contributed by atoms with van der Waals surface area (Å²) in [5.41, 5.74) is 6.33. The number of nitrogens with one attached hydrogen (secondary N) is 4. The Kier molecular flexibility index (Phi) is 12.1. The molecule has 5 unspecified atom stereocenters. The quantitative estimate of drug-likeness (QED) is 0.0774. The molecule has 1 saturated heterocycles. The van der Waals surface area contributed by atoms with Gasteiger partial charge in [-0.1, -0.05) is 75.5 Å². The van der Waals surface area contributed by atoms with Crippen LogP contribution in [0.3, 0.4) is 0 Å². The van der Waals surface area contributed by atoms with Gasteiger partial charge in [0.15, 0.2) is 0 Å². The zero-order valence-electron chi connectivity index (χ0n) is 34.5. The molecule has 14 heteroatoms. The predicted octanol–water partition coefficient (Wildman–Crippen LogP) is 6.55. The minimum absolute atomic E-state index is 0.0410. The number of alkyl carbamates (subject to hydrolysis) is 2. The van der Waals surface area contributed by atoms with Gasteiger partial charge in [0.25, 0.3) is 0 Å². The standard InChI is InChI=1S/C45H52N8O6/c1-25(2)37(50-44(56)58-6)42(54)52-20-8-9-35(52)41-47-33-19-17-31-22-29(14-18-32(31)39(33)49-41)11-10-28-12-15-30(16-13-28)34-23-46-40(48-34)36-21-27(5)24-53(36)43(55)38(26(3)4)51-45(57)59-7/h12-19,21-23,25-26,35-38,43,55H,8-9,20,24H2,1-7H3,(H,46,48)(H,47,49)(H,50,56)(H,51,57). The third-order valence-corrected chi connectivity index (χ3v) is 11.2. The number of aliphatic hydroxyl groups is 1. The Morgan fingerprint density at radius 3 is 2.32 bits per heavy atom. The van der Waals surface area contributed by atoms with E-state index >= 15 is 0 Å². The number of hydrogen-bond acceptors (Lipinski definition) is 9. The van der Waals surface area contributed by atoms with Crippen molar-refractivity contribution in [2.75, 3.05) is 27.3 Å². The number of hydrogen-bond donors (Lipinski definition) is 5. The van der Waals surface area contributed by atoms with E-state index in [4.69, 9.17) is 14.5 Å². The first-order chi connectivity index (χ1) is 28.3. The Bertz CT molecular complexity index is 2440. The number of aliphatic hydroxyl groups excluding tert-OH is 1. The molecule has 5 aromatic rings. The first-order valence-electron chi connectivity index (χ1n) is 20.1. The Balaban J connectivity index is 1.04. The van der Waals surface area contributed by atoms with Crippen molar-refractivity contribution in [3.8, 4) is 23.1 Å². The monoisotopic (exact) mass is 800 g/mol. The maximum absolute atomic E-state index is 13.7. The van der Waals surface area contributed by atoms with Crippen molar-refractivity contribution >= 4 is 39.9 Å². The van der Waals surface area contributed by atoms with Gasteiger partial charge < -0.3 is 40.1 Å². The molecule has 5 atom stereocenters. The van der Waals surface area contributed by atoms with E-state index in [1.54, 1.807) is 6.20 Å². The lowest BCUT2D eigenvalue weighted by Crippen LogP contribution is -2.54. The summed E-state index contributed by atoms with van der Waals surface area (Å²) in [5.74, 6) is 7.73. The molecule has 1 fully saturated rings. The average Bonchev–Trinajstić information content (AvgIpc) is 4.06. The van der Waals surface area contributed by atoms with Crippen LogP contribution >= 0.6 is 0 Å². The highest BCUT2D eigenvalue weighted by Gasteiger charge is 2.39. The number of ether oxygens (including phenoxy) is 2. The maximum atomic E-state index is 13.7. The molecule has 7 rings (SSSR count). The van der Waals surface area contributed by atoms with Gasteiger partial charge in [0, 0.05) is 29.6 Å². The van der Waals surface area contributed by atoms with Crippen molar-refractivity contribution in [3.05, 3.63) is 95.2 Å². The Labute approximate surface area is 343 Å². The number of carbonyl (C=O) groups is 3. The highest BCUT2D eigenvalue weighted by Crippen LogP contribution is 2.35. The summed E-state index contributed by atoms with van der Waals surface area (Å²) in [6.45, 7) is 10.8. The molecule has 5 N–H and O–H groups in total. The number of rotatable bonds is 10. The third kappa shape index (κ3) is 8.67. The van der Waals surface area contributed by atoms with Crippen LogP contribution in [-0.2, 0) is 14.3 Å². The molecule has 4 heterocycles. The number of benzene rings is 3. The minimum Gasteiger partial charge on any atom is -0.453 e.